The summed E-state index contributed by atoms with van der Waals surface area (Å²) in [5.41, 5.74) is 5.95. The van der Waals surface area contributed by atoms with Gasteiger partial charge < -0.3 is 19.9 Å². The van der Waals surface area contributed by atoms with Crippen LogP contribution in [0.25, 0.3) is 0 Å². The van der Waals surface area contributed by atoms with E-state index in [0.29, 0.717) is 37.7 Å². The van der Waals surface area contributed by atoms with Crippen molar-refractivity contribution in [3.05, 3.63) is 24.0 Å². The van der Waals surface area contributed by atoms with Crippen LogP contribution in [-0.2, 0) is 9.47 Å². The second kappa shape index (κ2) is 7.59. The van der Waals surface area contributed by atoms with Crippen molar-refractivity contribution in [3.63, 3.8) is 0 Å². The molecule has 0 bridgehead atoms. The van der Waals surface area contributed by atoms with Crippen LogP contribution in [-0.4, -0.2) is 44.4 Å². The number of pyridine rings is 1. The summed E-state index contributed by atoms with van der Waals surface area (Å²) in [6, 6.07) is 1.64. The van der Waals surface area contributed by atoms with Crippen LogP contribution in [0.3, 0.4) is 0 Å². The first-order valence-corrected chi connectivity index (χ1v) is 5.23. The molecule has 1 rings (SSSR count). The third-order valence-electron chi connectivity index (χ3n) is 1.99. The van der Waals surface area contributed by atoms with Gasteiger partial charge in [-0.05, 0) is 6.07 Å². The van der Waals surface area contributed by atoms with Gasteiger partial charge in [-0.25, -0.2) is 0 Å². The molecule has 1 aromatic heterocycles. The maximum Gasteiger partial charge on any atom is 0.148 e. The van der Waals surface area contributed by atoms with Crippen molar-refractivity contribution in [2.75, 3.05) is 33.5 Å². The number of hydrogen-bond acceptors (Lipinski definition) is 5. The second-order valence-electron chi connectivity index (χ2n) is 3.24. The summed E-state index contributed by atoms with van der Waals surface area (Å²) in [4.78, 5) is 3.92. The molecule has 0 aliphatic carbocycles. The molecule has 6 nitrogen and oxygen atoms in total. The smallest absolute Gasteiger partial charge is 0.148 e. The van der Waals surface area contributed by atoms with Gasteiger partial charge >= 0.3 is 0 Å². The summed E-state index contributed by atoms with van der Waals surface area (Å²) < 4.78 is 15.5. The van der Waals surface area contributed by atoms with E-state index in [1.54, 1.807) is 19.4 Å². The lowest BCUT2D eigenvalue weighted by atomic mass is 10.2. The Morgan fingerprint density at radius 2 is 2.12 bits per heavy atom. The van der Waals surface area contributed by atoms with Gasteiger partial charge in [0, 0.05) is 13.3 Å². The van der Waals surface area contributed by atoms with Crippen LogP contribution >= 0.6 is 0 Å². The summed E-state index contributed by atoms with van der Waals surface area (Å²) in [7, 11) is 1.62. The normalized spacial score (nSPS) is 10.2. The molecule has 6 heteroatoms. The maximum absolute atomic E-state index is 7.37. The van der Waals surface area contributed by atoms with E-state index < -0.39 is 0 Å². The molecule has 0 aromatic carbocycles. The molecule has 0 aliphatic rings. The molecule has 0 spiro atoms. The van der Waals surface area contributed by atoms with Gasteiger partial charge in [-0.2, -0.15) is 0 Å². The minimum atomic E-state index is -0.0392. The van der Waals surface area contributed by atoms with Gasteiger partial charge in [-0.15, -0.1) is 0 Å². The minimum absolute atomic E-state index is 0.0392. The minimum Gasteiger partial charge on any atom is -0.489 e. The van der Waals surface area contributed by atoms with Gasteiger partial charge in [-0.1, -0.05) is 0 Å². The number of nitrogen functional groups attached to an aromatic ring is 1. The van der Waals surface area contributed by atoms with Crippen LogP contribution in [0.15, 0.2) is 18.5 Å². The van der Waals surface area contributed by atoms with Crippen molar-refractivity contribution < 1.29 is 14.2 Å². The monoisotopic (exact) mass is 239 g/mol. The van der Waals surface area contributed by atoms with E-state index in [9.17, 15) is 0 Å². The number of nitrogens with one attached hydrogen (secondary N) is 1. The van der Waals surface area contributed by atoms with Crippen molar-refractivity contribution in [1.29, 1.82) is 5.41 Å². The summed E-state index contributed by atoms with van der Waals surface area (Å²) in [5.74, 6) is 0.457. The lowest BCUT2D eigenvalue weighted by molar-refractivity contribution is 0.0543. The molecule has 0 fully saturated rings. The molecule has 1 heterocycles. The molecule has 0 radical (unpaired) electrons. The first-order chi connectivity index (χ1) is 8.25. The average molecular weight is 239 g/mol. The lowest BCUT2D eigenvalue weighted by Crippen LogP contribution is -2.15. The highest BCUT2D eigenvalue weighted by Crippen LogP contribution is 2.15. The number of amidine groups is 1. The maximum atomic E-state index is 7.37. The largest absolute Gasteiger partial charge is 0.489 e. The number of nitrogens with zero attached hydrogens (tertiary/aromatic N) is 1. The van der Waals surface area contributed by atoms with Crippen molar-refractivity contribution in [1.82, 2.24) is 4.98 Å². The van der Waals surface area contributed by atoms with E-state index in [1.165, 1.54) is 6.20 Å². The number of ether oxygens (including phenoxy) is 3. The molecule has 1 aromatic rings. The summed E-state index contributed by atoms with van der Waals surface area (Å²) >= 11 is 0. The van der Waals surface area contributed by atoms with E-state index in [2.05, 4.69) is 4.98 Å². The van der Waals surface area contributed by atoms with Gasteiger partial charge in [0.1, 0.15) is 18.2 Å². The predicted molar refractivity (Wildman–Crippen MR) is 63.4 cm³/mol. The topological polar surface area (TPSA) is 90.5 Å². The van der Waals surface area contributed by atoms with Gasteiger partial charge in [-0.3, -0.25) is 10.4 Å². The molecule has 0 amide bonds. The number of hydrogen-bond donors (Lipinski definition) is 2. The Hall–Kier alpha value is -1.66. The van der Waals surface area contributed by atoms with Crippen molar-refractivity contribution in [2.24, 2.45) is 5.73 Å². The number of methoxy groups -OCH3 is 1. The molecular formula is C11H17N3O3. The molecule has 0 atom stereocenters. The first-order valence-electron chi connectivity index (χ1n) is 5.23. The van der Waals surface area contributed by atoms with Crippen molar-refractivity contribution in [2.45, 2.75) is 0 Å². The van der Waals surface area contributed by atoms with Crippen LogP contribution in [0.2, 0.25) is 0 Å². The zero-order chi connectivity index (χ0) is 12.5. The Balaban J connectivity index is 2.34. The summed E-state index contributed by atoms with van der Waals surface area (Å²) in [6.07, 6.45) is 3.10. The van der Waals surface area contributed by atoms with Crippen LogP contribution in [0.4, 0.5) is 0 Å². The number of rotatable bonds is 8. The SMILES string of the molecule is COCCOCCOc1cnccc1C(=N)N. The Kier molecular flexibility index (Phi) is 5.98. The van der Waals surface area contributed by atoms with Crippen LogP contribution < -0.4 is 10.5 Å². The standard InChI is InChI=1S/C11H17N3O3/c1-15-4-5-16-6-7-17-10-8-14-3-2-9(10)11(12)13/h2-3,8H,4-7H2,1H3,(H3,12,13). The van der Waals surface area contributed by atoms with E-state index in [1.807, 2.05) is 0 Å². The van der Waals surface area contributed by atoms with E-state index in [-0.39, 0.29) is 5.84 Å². The Morgan fingerprint density at radius 3 is 2.82 bits per heavy atom. The molecule has 0 aliphatic heterocycles. The third kappa shape index (κ3) is 4.80. The van der Waals surface area contributed by atoms with E-state index in [4.69, 9.17) is 25.4 Å². The quantitative estimate of drug-likeness (QED) is 0.389. The average Bonchev–Trinajstić information content (AvgIpc) is 2.34. The van der Waals surface area contributed by atoms with E-state index in [0.717, 1.165) is 0 Å². The Bertz CT molecular complexity index is 358. The summed E-state index contributed by atoms with van der Waals surface area (Å²) in [5, 5.41) is 7.37. The van der Waals surface area contributed by atoms with E-state index >= 15 is 0 Å². The predicted octanol–water partition coefficient (Wildman–Crippen LogP) is 0.407. The van der Waals surface area contributed by atoms with Crippen molar-refractivity contribution >= 4 is 5.84 Å². The molecule has 94 valence electrons. The molecule has 17 heavy (non-hydrogen) atoms. The lowest BCUT2D eigenvalue weighted by Gasteiger charge is -2.09. The van der Waals surface area contributed by atoms with Gasteiger partial charge in [0.2, 0.25) is 0 Å². The fourth-order valence-corrected chi connectivity index (χ4v) is 1.17. The van der Waals surface area contributed by atoms with Gasteiger partial charge in [0.15, 0.2) is 0 Å². The Labute approximate surface area is 100 Å². The fraction of sp³-hybridized carbons (Fsp3) is 0.455. The van der Waals surface area contributed by atoms with Gasteiger partial charge in [0.25, 0.3) is 0 Å². The fourth-order valence-electron chi connectivity index (χ4n) is 1.17. The molecule has 0 unspecified atom stereocenters. The highest BCUT2D eigenvalue weighted by Gasteiger charge is 2.05. The number of aromatic nitrogens is 1. The molecular weight excluding hydrogens is 222 g/mol. The highest BCUT2D eigenvalue weighted by molar-refractivity contribution is 5.97. The molecule has 0 saturated carbocycles. The third-order valence-corrected chi connectivity index (χ3v) is 1.99. The van der Waals surface area contributed by atoms with Crippen molar-refractivity contribution in [3.8, 4) is 5.75 Å². The van der Waals surface area contributed by atoms with Crippen LogP contribution in [0, 0.1) is 5.41 Å². The first kappa shape index (κ1) is 13.4. The second-order valence-corrected chi connectivity index (χ2v) is 3.24. The molecule has 0 saturated heterocycles. The summed E-state index contributed by atoms with van der Waals surface area (Å²) in [6.45, 7) is 1.93. The van der Waals surface area contributed by atoms with Gasteiger partial charge in [0.05, 0.1) is 31.6 Å². The highest BCUT2D eigenvalue weighted by atomic mass is 16.5. The van der Waals surface area contributed by atoms with Crippen LogP contribution in [0.1, 0.15) is 5.56 Å². The zero-order valence-corrected chi connectivity index (χ0v) is 9.81. The number of nitrogens with two attached hydrogens (primary N) is 1. The Morgan fingerprint density at radius 1 is 1.35 bits per heavy atom. The molecule has 3 N–H and O–H groups in total. The zero-order valence-electron chi connectivity index (χ0n) is 9.81. The van der Waals surface area contributed by atoms with Crippen LogP contribution in [0.5, 0.6) is 5.75 Å².